The second-order valence-electron chi connectivity index (χ2n) is 12.8. The van der Waals surface area contributed by atoms with Gasteiger partial charge in [-0.25, -0.2) is 9.48 Å². The summed E-state index contributed by atoms with van der Waals surface area (Å²) in [5, 5.41) is 14.2. The lowest BCUT2D eigenvalue weighted by Gasteiger charge is -2.34. The van der Waals surface area contributed by atoms with Crippen LogP contribution >= 0.6 is 0 Å². The van der Waals surface area contributed by atoms with Crippen LogP contribution in [0.3, 0.4) is 0 Å². The van der Waals surface area contributed by atoms with Crippen molar-refractivity contribution in [1.29, 1.82) is 0 Å². The van der Waals surface area contributed by atoms with E-state index in [-0.39, 0.29) is 29.1 Å². The van der Waals surface area contributed by atoms with Crippen molar-refractivity contribution in [2.24, 2.45) is 11.3 Å². The molecular formula is C32H43N5O2. The first-order valence-electron chi connectivity index (χ1n) is 13.9. The Morgan fingerprint density at radius 3 is 2.23 bits per heavy atom. The highest BCUT2D eigenvalue weighted by Crippen LogP contribution is 2.38. The van der Waals surface area contributed by atoms with E-state index < -0.39 is 5.41 Å². The van der Waals surface area contributed by atoms with Gasteiger partial charge in [0.15, 0.2) is 0 Å². The molecule has 1 unspecified atom stereocenters. The number of rotatable bonds is 6. The third-order valence-corrected chi connectivity index (χ3v) is 7.38. The van der Waals surface area contributed by atoms with Gasteiger partial charge in [-0.3, -0.25) is 10.1 Å². The Morgan fingerprint density at radius 2 is 1.62 bits per heavy atom. The number of carbonyl (C=O) groups excluding carboxylic acids is 2. The molecule has 2 amide bonds. The molecule has 1 atom stereocenters. The molecule has 39 heavy (non-hydrogen) atoms. The van der Waals surface area contributed by atoms with Crippen LogP contribution in [0.2, 0.25) is 0 Å². The zero-order valence-electron chi connectivity index (χ0n) is 24.4. The summed E-state index contributed by atoms with van der Waals surface area (Å²) in [7, 11) is 0. The average molecular weight is 530 g/mol. The Morgan fingerprint density at radius 1 is 0.949 bits per heavy atom. The lowest BCUT2D eigenvalue weighted by Crippen LogP contribution is -2.37. The van der Waals surface area contributed by atoms with Crippen LogP contribution in [0.1, 0.15) is 77.1 Å². The molecular weight excluding hydrogens is 486 g/mol. The molecule has 1 aliphatic rings. The van der Waals surface area contributed by atoms with Crippen molar-refractivity contribution >= 4 is 23.3 Å². The van der Waals surface area contributed by atoms with Gasteiger partial charge in [0.1, 0.15) is 11.6 Å². The van der Waals surface area contributed by atoms with Crippen LogP contribution in [0, 0.1) is 18.3 Å². The largest absolute Gasteiger partial charge is 0.324 e. The van der Waals surface area contributed by atoms with Gasteiger partial charge in [0.05, 0.1) is 11.4 Å². The molecule has 4 rings (SSSR count). The third-order valence-electron chi connectivity index (χ3n) is 7.38. The fourth-order valence-corrected chi connectivity index (χ4v) is 5.09. The van der Waals surface area contributed by atoms with Crippen LogP contribution in [-0.2, 0) is 10.2 Å². The molecule has 2 aromatic carbocycles. The number of piperidine rings is 1. The van der Waals surface area contributed by atoms with Crippen molar-refractivity contribution in [3.05, 3.63) is 71.4 Å². The molecule has 3 N–H and O–H groups in total. The maximum absolute atomic E-state index is 13.6. The zero-order chi connectivity index (χ0) is 28.4. The van der Waals surface area contributed by atoms with Crippen LogP contribution in [0.25, 0.3) is 5.69 Å². The van der Waals surface area contributed by atoms with E-state index in [1.807, 2.05) is 82.3 Å². The Labute approximate surface area is 232 Å². The van der Waals surface area contributed by atoms with Gasteiger partial charge in [-0.15, -0.1) is 0 Å². The van der Waals surface area contributed by atoms with Crippen LogP contribution in [0.4, 0.5) is 16.3 Å². The number of hydrogen-bond acceptors (Lipinski definition) is 4. The van der Waals surface area contributed by atoms with Gasteiger partial charge >= 0.3 is 6.03 Å². The van der Waals surface area contributed by atoms with E-state index in [4.69, 9.17) is 5.10 Å². The monoisotopic (exact) mass is 529 g/mol. The van der Waals surface area contributed by atoms with Crippen LogP contribution in [0.15, 0.2) is 54.6 Å². The lowest BCUT2D eigenvalue weighted by atomic mass is 9.71. The predicted molar refractivity (Wildman–Crippen MR) is 159 cm³/mol. The van der Waals surface area contributed by atoms with Gasteiger partial charge in [-0.1, -0.05) is 71.4 Å². The average Bonchev–Trinajstić information content (AvgIpc) is 3.29. The molecule has 1 fully saturated rings. The number of urea groups is 1. The maximum Gasteiger partial charge on any atom is 0.324 e. The van der Waals surface area contributed by atoms with E-state index in [2.05, 4.69) is 36.7 Å². The standard InChI is InChI=1S/C32H43N5O2/c1-21-11-13-25(14-12-21)37-27(20-26(36-37)31(2,3)4)35-30(39)34-24-10-8-9-23(19-24)28(29(38)32(5,6)7)22-15-17-33-18-16-22/h8-14,19-20,22,28,33H,15-18H2,1-7H3,(H2,34,35,39). The molecule has 0 bridgehead atoms. The van der Waals surface area contributed by atoms with Gasteiger partial charge in [0.2, 0.25) is 0 Å². The van der Waals surface area contributed by atoms with E-state index >= 15 is 0 Å². The van der Waals surface area contributed by atoms with Gasteiger partial charge in [-0.2, -0.15) is 5.10 Å². The number of hydrogen-bond donors (Lipinski definition) is 3. The minimum Gasteiger partial charge on any atom is -0.317 e. The molecule has 0 spiro atoms. The van der Waals surface area contributed by atoms with E-state index in [1.165, 1.54) is 0 Å². The van der Waals surface area contributed by atoms with Crippen LogP contribution in [0.5, 0.6) is 0 Å². The quantitative estimate of drug-likeness (QED) is 0.327. The van der Waals surface area contributed by atoms with Gasteiger partial charge in [0, 0.05) is 28.5 Å². The van der Waals surface area contributed by atoms with Gasteiger partial charge < -0.3 is 10.6 Å². The van der Waals surface area contributed by atoms with Crippen molar-refractivity contribution in [2.45, 2.75) is 72.6 Å². The number of nitrogens with one attached hydrogen (secondary N) is 3. The predicted octanol–water partition coefficient (Wildman–Crippen LogP) is 6.82. The minimum absolute atomic E-state index is 0.180. The number of amides is 2. The molecule has 7 heteroatoms. The summed E-state index contributed by atoms with van der Waals surface area (Å²) in [6, 6.07) is 17.4. The molecule has 208 valence electrons. The van der Waals surface area contributed by atoms with Crippen molar-refractivity contribution < 1.29 is 9.59 Å². The first-order valence-corrected chi connectivity index (χ1v) is 13.9. The summed E-state index contributed by atoms with van der Waals surface area (Å²) < 4.78 is 1.77. The second-order valence-corrected chi connectivity index (χ2v) is 12.8. The second kappa shape index (κ2) is 11.3. The maximum atomic E-state index is 13.6. The van der Waals surface area contributed by atoms with Crippen molar-refractivity contribution in [3.63, 3.8) is 0 Å². The Balaban J connectivity index is 1.58. The summed E-state index contributed by atoms with van der Waals surface area (Å²) in [5.74, 6) is 0.914. The van der Waals surface area contributed by atoms with Gasteiger partial charge in [-0.05, 0) is 68.6 Å². The fourth-order valence-electron chi connectivity index (χ4n) is 5.09. The lowest BCUT2D eigenvalue weighted by molar-refractivity contribution is -0.129. The van der Waals surface area contributed by atoms with Crippen LogP contribution < -0.4 is 16.0 Å². The number of carbonyl (C=O) groups is 2. The Bertz CT molecular complexity index is 1310. The highest BCUT2D eigenvalue weighted by molar-refractivity contribution is 5.99. The fraction of sp³-hybridized carbons (Fsp3) is 0.469. The summed E-state index contributed by atoms with van der Waals surface area (Å²) in [4.78, 5) is 26.8. The summed E-state index contributed by atoms with van der Waals surface area (Å²) in [5.41, 5.74) is 3.89. The molecule has 3 aromatic rings. The number of benzene rings is 2. The highest BCUT2D eigenvalue weighted by Gasteiger charge is 2.36. The number of aryl methyl sites for hydroxylation is 1. The van der Waals surface area contributed by atoms with Crippen molar-refractivity contribution in [1.82, 2.24) is 15.1 Å². The number of aromatic nitrogens is 2. The van der Waals surface area contributed by atoms with Gasteiger partial charge in [0.25, 0.3) is 0 Å². The molecule has 1 aromatic heterocycles. The molecule has 1 aliphatic heterocycles. The summed E-state index contributed by atoms with van der Waals surface area (Å²) >= 11 is 0. The molecule has 7 nitrogen and oxygen atoms in total. The first kappa shape index (κ1) is 28.6. The molecule has 1 saturated heterocycles. The Kier molecular flexibility index (Phi) is 8.31. The molecule has 0 saturated carbocycles. The van der Waals surface area contributed by atoms with E-state index in [0.717, 1.165) is 48.4 Å². The normalized spacial score (nSPS) is 15.6. The van der Waals surface area contributed by atoms with Crippen LogP contribution in [-0.4, -0.2) is 34.7 Å². The first-order chi connectivity index (χ1) is 18.3. The SMILES string of the molecule is Cc1ccc(-n2nc(C(C)(C)C)cc2NC(=O)Nc2cccc(C(C(=O)C(C)(C)C)C3CCNCC3)c2)cc1. The number of ketones is 1. The summed E-state index contributed by atoms with van der Waals surface area (Å²) in [6.07, 6.45) is 1.92. The number of anilines is 2. The number of Topliss-reactive ketones (excluding diaryl/α,β-unsaturated/α-hetero) is 1. The van der Waals surface area contributed by atoms with E-state index in [9.17, 15) is 9.59 Å². The van der Waals surface area contributed by atoms with E-state index in [1.54, 1.807) is 4.68 Å². The van der Waals surface area contributed by atoms with E-state index in [0.29, 0.717) is 11.5 Å². The molecule has 2 heterocycles. The summed E-state index contributed by atoms with van der Waals surface area (Å²) in [6.45, 7) is 16.1. The molecule has 0 radical (unpaired) electrons. The number of nitrogens with zero attached hydrogens (tertiary/aromatic N) is 2. The van der Waals surface area contributed by atoms with Crippen molar-refractivity contribution in [2.75, 3.05) is 23.7 Å². The third kappa shape index (κ3) is 6.95. The van der Waals surface area contributed by atoms with Crippen molar-refractivity contribution in [3.8, 4) is 5.69 Å². The Hall–Kier alpha value is -3.45. The zero-order valence-corrected chi connectivity index (χ0v) is 24.4. The topological polar surface area (TPSA) is 88.1 Å². The highest BCUT2D eigenvalue weighted by atomic mass is 16.2. The minimum atomic E-state index is -0.449. The molecule has 0 aliphatic carbocycles. The smallest absolute Gasteiger partial charge is 0.317 e.